The zero-order valence-corrected chi connectivity index (χ0v) is 7.16. The summed E-state index contributed by atoms with van der Waals surface area (Å²) in [5, 5.41) is 8.57. The van der Waals surface area contributed by atoms with Gasteiger partial charge in [-0.2, -0.15) is 0 Å². The number of rotatable bonds is 3. The van der Waals surface area contributed by atoms with E-state index in [0.29, 0.717) is 11.3 Å². The zero-order valence-electron chi connectivity index (χ0n) is 7.16. The summed E-state index contributed by atoms with van der Waals surface area (Å²) in [7, 11) is 0. The number of nitrogens with two attached hydrogens (primary N) is 1. The zero-order chi connectivity index (χ0) is 9.84. The van der Waals surface area contributed by atoms with Crippen molar-refractivity contribution in [3.8, 4) is 0 Å². The first-order chi connectivity index (χ1) is 6.13. The van der Waals surface area contributed by atoms with E-state index in [0.717, 1.165) is 5.56 Å². The lowest BCUT2D eigenvalue weighted by molar-refractivity contribution is -0.136. The second-order valence-electron chi connectivity index (χ2n) is 2.73. The van der Waals surface area contributed by atoms with Crippen molar-refractivity contribution in [2.24, 2.45) is 0 Å². The van der Waals surface area contributed by atoms with E-state index in [2.05, 4.69) is 6.58 Å². The molecule has 1 aromatic carbocycles. The summed E-state index contributed by atoms with van der Waals surface area (Å²) in [5.74, 6) is -0.882. The molecule has 3 heteroatoms. The lowest BCUT2D eigenvalue weighted by Gasteiger charge is -2.03. The third-order valence-electron chi connectivity index (χ3n) is 1.74. The molecular weight excluding hydrogens is 166 g/mol. The maximum absolute atomic E-state index is 10.4. The lowest BCUT2D eigenvalue weighted by atomic mass is 10.1. The van der Waals surface area contributed by atoms with Gasteiger partial charge in [-0.15, -0.1) is 0 Å². The van der Waals surface area contributed by atoms with Crippen molar-refractivity contribution in [3.63, 3.8) is 0 Å². The Morgan fingerprint density at radius 3 is 2.85 bits per heavy atom. The van der Waals surface area contributed by atoms with E-state index >= 15 is 0 Å². The molecule has 3 N–H and O–H groups in total. The molecule has 0 fully saturated rings. The van der Waals surface area contributed by atoms with E-state index in [4.69, 9.17) is 10.8 Å². The number of benzene rings is 1. The molecule has 0 bridgehead atoms. The fourth-order valence-corrected chi connectivity index (χ4v) is 1.07. The molecule has 0 aliphatic heterocycles. The van der Waals surface area contributed by atoms with Crippen LogP contribution in [0.3, 0.4) is 0 Å². The van der Waals surface area contributed by atoms with Crippen LogP contribution in [0.15, 0.2) is 24.8 Å². The number of hydrogen-bond donors (Lipinski definition) is 2. The van der Waals surface area contributed by atoms with Gasteiger partial charge in [0.25, 0.3) is 0 Å². The van der Waals surface area contributed by atoms with Crippen molar-refractivity contribution < 1.29 is 9.90 Å². The molecule has 13 heavy (non-hydrogen) atoms. The summed E-state index contributed by atoms with van der Waals surface area (Å²) in [6, 6.07) is 5.22. The SMILES string of the molecule is C=Cc1ccc(N)c(CC(=O)O)c1. The summed E-state index contributed by atoms with van der Waals surface area (Å²) < 4.78 is 0. The highest BCUT2D eigenvalue weighted by Gasteiger charge is 2.04. The summed E-state index contributed by atoms with van der Waals surface area (Å²) in [5.41, 5.74) is 7.61. The first-order valence-corrected chi connectivity index (χ1v) is 3.86. The van der Waals surface area contributed by atoms with Gasteiger partial charge in [0, 0.05) is 5.69 Å². The minimum atomic E-state index is -0.882. The first kappa shape index (κ1) is 9.32. The van der Waals surface area contributed by atoms with Crippen LogP contribution in [-0.2, 0) is 11.2 Å². The van der Waals surface area contributed by atoms with Gasteiger partial charge in [0.2, 0.25) is 0 Å². The van der Waals surface area contributed by atoms with Crippen LogP contribution in [0, 0.1) is 0 Å². The van der Waals surface area contributed by atoms with Crippen molar-refractivity contribution in [1.82, 2.24) is 0 Å². The molecule has 0 amide bonds. The molecule has 1 aromatic rings. The normalized spacial score (nSPS) is 9.54. The Kier molecular flexibility index (Phi) is 2.69. The molecule has 0 saturated carbocycles. The van der Waals surface area contributed by atoms with Crippen molar-refractivity contribution in [3.05, 3.63) is 35.9 Å². The van der Waals surface area contributed by atoms with Crippen LogP contribution in [0.5, 0.6) is 0 Å². The molecule has 0 unspecified atom stereocenters. The van der Waals surface area contributed by atoms with Crippen molar-refractivity contribution >= 4 is 17.7 Å². The third kappa shape index (κ3) is 2.33. The minimum absolute atomic E-state index is 0.0481. The van der Waals surface area contributed by atoms with Gasteiger partial charge in [-0.1, -0.05) is 18.7 Å². The average molecular weight is 177 g/mol. The van der Waals surface area contributed by atoms with Crippen LogP contribution in [0.4, 0.5) is 5.69 Å². The van der Waals surface area contributed by atoms with Gasteiger partial charge in [0.1, 0.15) is 0 Å². The standard InChI is InChI=1S/C10H11NO2/c1-2-7-3-4-9(11)8(5-7)6-10(12)13/h2-5H,1,6,11H2,(H,12,13). The molecule has 0 aromatic heterocycles. The summed E-state index contributed by atoms with van der Waals surface area (Å²) in [4.78, 5) is 10.4. The molecule has 0 radical (unpaired) electrons. The van der Waals surface area contributed by atoms with Crippen LogP contribution in [0.2, 0.25) is 0 Å². The molecule has 3 nitrogen and oxygen atoms in total. The molecule has 0 atom stereocenters. The van der Waals surface area contributed by atoms with Gasteiger partial charge in [0.15, 0.2) is 0 Å². The number of aliphatic carboxylic acids is 1. The Morgan fingerprint density at radius 1 is 1.62 bits per heavy atom. The highest BCUT2D eigenvalue weighted by molar-refractivity contribution is 5.73. The van der Waals surface area contributed by atoms with E-state index < -0.39 is 5.97 Å². The lowest BCUT2D eigenvalue weighted by Crippen LogP contribution is -2.03. The Morgan fingerprint density at radius 2 is 2.31 bits per heavy atom. The Labute approximate surface area is 76.5 Å². The van der Waals surface area contributed by atoms with Gasteiger partial charge in [-0.25, -0.2) is 0 Å². The predicted octanol–water partition coefficient (Wildman–Crippen LogP) is 1.54. The quantitative estimate of drug-likeness (QED) is 0.688. The number of carbonyl (C=O) groups is 1. The first-order valence-electron chi connectivity index (χ1n) is 3.86. The van der Waals surface area contributed by atoms with Crippen molar-refractivity contribution in [2.45, 2.75) is 6.42 Å². The Hall–Kier alpha value is -1.77. The topological polar surface area (TPSA) is 63.3 Å². The van der Waals surface area contributed by atoms with E-state index in [1.807, 2.05) is 0 Å². The highest BCUT2D eigenvalue weighted by Crippen LogP contribution is 2.15. The fraction of sp³-hybridized carbons (Fsp3) is 0.100. The van der Waals surface area contributed by atoms with Gasteiger partial charge in [-0.3, -0.25) is 4.79 Å². The smallest absolute Gasteiger partial charge is 0.307 e. The van der Waals surface area contributed by atoms with Crippen LogP contribution in [0.25, 0.3) is 6.08 Å². The molecule has 0 spiro atoms. The predicted molar refractivity (Wildman–Crippen MR) is 52.3 cm³/mol. The second-order valence-corrected chi connectivity index (χ2v) is 2.73. The molecule has 0 aliphatic carbocycles. The summed E-state index contributed by atoms with van der Waals surface area (Å²) >= 11 is 0. The van der Waals surface area contributed by atoms with E-state index in [1.54, 1.807) is 24.3 Å². The van der Waals surface area contributed by atoms with Crippen molar-refractivity contribution in [1.29, 1.82) is 0 Å². The Bertz CT molecular complexity index is 345. The van der Waals surface area contributed by atoms with Crippen LogP contribution in [-0.4, -0.2) is 11.1 Å². The third-order valence-corrected chi connectivity index (χ3v) is 1.74. The number of nitrogen functional groups attached to an aromatic ring is 1. The number of carboxylic acids is 1. The molecule has 0 heterocycles. The Balaban J connectivity index is 3.03. The maximum atomic E-state index is 10.4. The number of hydrogen-bond acceptors (Lipinski definition) is 2. The molecule has 68 valence electrons. The van der Waals surface area contributed by atoms with Crippen molar-refractivity contribution in [2.75, 3.05) is 5.73 Å². The largest absolute Gasteiger partial charge is 0.481 e. The maximum Gasteiger partial charge on any atom is 0.307 e. The monoisotopic (exact) mass is 177 g/mol. The van der Waals surface area contributed by atoms with Crippen LogP contribution >= 0.6 is 0 Å². The number of carboxylic acid groups (broad SMARTS) is 1. The molecule has 0 saturated heterocycles. The van der Waals surface area contributed by atoms with E-state index in [1.165, 1.54) is 0 Å². The van der Waals surface area contributed by atoms with Gasteiger partial charge >= 0.3 is 5.97 Å². The highest BCUT2D eigenvalue weighted by atomic mass is 16.4. The van der Waals surface area contributed by atoms with Gasteiger partial charge in [0.05, 0.1) is 6.42 Å². The van der Waals surface area contributed by atoms with Crippen LogP contribution in [0.1, 0.15) is 11.1 Å². The molecule has 1 rings (SSSR count). The van der Waals surface area contributed by atoms with E-state index in [9.17, 15) is 4.79 Å². The van der Waals surface area contributed by atoms with E-state index in [-0.39, 0.29) is 6.42 Å². The fourth-order valence-electron chi connectivity index (χ4n) is 1.07. The number of anilines is 1. The molecular formula is C10H11NO2. The van der Waals surface area contributed by atoms with Crippen LogP contribution < -0.4 is 5.73 Å². The molecule has 0 aliphatic rings. The van der Waals surface area contributed by atoms with Gasteiger partial charge < -0.3 is 10.8 Å². The second kappa shape index (κ2) is 3.76. The summed E-state index contributed by atoms with van der Waals surface area (Å²) in [6.07, 6.45) is 1.61. The van der Waals surface area contributed by atoms with Gasteiger partial charge in [-0.05, 0) is 23.3 Å². The minimum Gasteiger partial charge on any atom is -0.481 e. The average Bonchev–Trinajstić information content (AvgIpc) is 2.08. The summed E-state index contributed by atoms with van der Waals surface area (Å²) in [6.45, 7) is 3.59.